The molecule has 17 heavy (non-hydrogen) atoms. The highest BCUT2D eigenvalue weighted by atomic mass is 16.6. The summed E-state index contributed by atoms with van der Waals surface area (Å²) in [4.78, 5) is 11.1. The third-order valence-electron chi connectivity index (χ3n) is 2.51. The highest BCUT2D eigenvalue weighted by Gasteiger charge is 2.29. The molecule has 1 aliphatic carbocycles. The molecule has 0 fully saturated rings. The summed E-state index contributed by atoms with van der Waals surface area (Å²) in [5.74, 6) is 0.896. The van der Waals surface area contributed by atoms with Crippen LogP contribution in [-0.2, 0) is 9.47 Å². The Morgan fingerprint density at radius 1 is 1.47 bits per heavy atom. The Labute approximate surface area is 95.9 Å². The zero-order chi connectivity index (χ0) is 11.8. The molecule has 1 aromatic heterocycles. The zero-order valence-electron chi connectivity index (χ0n) is 8.80. The van der Waals surface area contributed by atoms with E-state index >= 15 is 0 Å². The number of aliphatic hydroxyl groups is 1. The van der Waals surface area contributed by atoms with Crippen LogP contribution in [-0.4, -0.2) is 24.4 Å². The van der Waals surface area contributed by atoms with Crippen LogP contribution < -0.4 is 16.3 Å². The molecule has 1 N–H and O–H groups in total. The van der Waals surface area contributed by atoms with Crippen LogP contribution in [0.2, 0.25) is 0 Å². The first kappa shape index (κ1) is 10.1. The summed E-state index contributed by atoms with van der Waals surface area (Å²) < 4.78 is 15.9. The number of allylic oxidation sites excluding steroid dienone is 2. The second-order valence-electron chi connectivity index (χ2n) is 3.73. The summed E-state index contributed by atoms with van der Waals surface area (Å²) in [5, 5.41) is 9.63. The normalized spacial score (nSPS) is 20.9. The molecule has 0 aromatic carbocycles. The molecule has 5 heteroatoms. The van der Waals surface area contributed by atoms with E-state index in [1.165, 1.54) is 6.07 Å². The molecule has 0 spiro atoms. The molecular formula is C12H9O5+. The van der Waals surface area contributed by atoms with Gasteiger partial charge in [-0.2, -0.15) is 0 Å². The number of hydrogen-bond acceptors (Lipinski definition) is 5. The smallest absolute Gasteiger partial charge is 0.355 e. The van der Waals surface area contributed by atoms with E-state index in [4.69, 9.17) is 19.0 Å². The third-order valence-corrected chi connectivity index (χ3v) is 2.51. The number of aliphatic hydroxyl groups excluding tert-OH is 1. The zero-order valence-corrected chi connectivity index (χ0v) is 8.80. The summed E-state index contributed by atoms with van der Waals surface area (Å²) in [5.41, 5.74) is -0.0419. The molecule has 1 aromatic rings. The van der Waals surface area contributed by atoms with Gasteiger partial charge in [0.15, 0.2) is 11.3 Å². The van der Waals surface area contributed by atoms with Crippen LogP contribution in [0.15, 0.2) is 32.9 Å². The fraction of sp³-hybridized carbons (Fsp3) is 0.250. The van der Waals surface area contributed by atoms with Gasteiger partial charge in [-0.3, -0.25) is 0 Å². The molecule has 0 saturated carbocycles. The largest absolute Gasteiger partial charge is 0.464 e. The van der Waals surface area contributed by atoms with Crippen LogP contribution in [0.3, 0.4) is 0 Å². The van der Waals surface area contributed by atoms with E-state index in [1.54, 1.807) is 12.1 Å². The van der Waals surface area contributed by atoms with E-state index in [0.717, 1.165) is 0 Å². The van der Waals surface area contributed by atoms with Crippen molar-refractivity contribution in [2.45, 2.75) is 6.10 Å². The van der Waals surface area contributed by atoms with Gasteiger partial charge < -0.3 is 19.0 Å². The lowest BCUT2D eigenvalue weighted by atomic mass is 10.2. The van der Waals surface area contributed by atoms with Gasteiger partial charge >= 0.3 is 11.4 Å². The monoisotopic (exact) mass is 233 g/mol. The number of rotatable bonds is 1. The lowest BCUT2D eigenvalue weighted by Crippen LogP contribution is -2.35. The number of hydrogen-bond donors (Lipinski definition) is 1. The Hall–Kier alpha value is -2.10. The number of ether oxygens (including phenoxy) is 2. The van der Waals surface area contributed by atoms with Gasteiger partial charge in [-0.25, -0.2) is 4.79 Å². The first-order chi connectivity index (χ1) is 8.26. The highest BCUT2D eigenvalue weighted by Crippen LogP contribution is 2.20. The van der Waals surface area contributed by atoms with Crippen molar-refractivity contribution in [3.63, 3.8) is 0 Å². The van der Waals surface area contributed by atoms with Crippen molar-refractivity contribution in [1.82, 2.24) is 0 Å². The van der Waals surface area contributed by atoms with Crippen molar-refractivity contribution >= 4 is 12.2 Å². The van der Waals surface area contributed by atoms with E-state index in [1.807, 2.05) is 0 Å². The van der Waals surface area contributed by atoms with E-state index in [-0.39, 0.29) is 13.2 Å². The molecule has 0 amide bonds. The topological polar surface area (TPSA) is 68.9 Å². The molecule has 2 aliphatic rings. The van der Waals surface area contributed by atoms with E-state index in [0.29, 0.717) is 22.2 Å². The minimum absolute atomic E-state index is 0.129. The van der Waals surface area contributed by atoms with Crippen LogP contribution in [0.5, 0.6) is 0 Å². The van der Waals surface area contributed by atoms with Gasteiger partial charge in [0.25, 0.3) is 5.76 Å². The second kappa shape index (κ2) is 3.73. The summed E-state index contributed by atoms with van der Waals surface area (Å²) in [6.45, 7) is 0.151. The van der Waals surface area contributed by atoms with E-state index in [9.17, 15) is 4.79 Å². The molecular weight excluding hydrogens is 224 g/mol. The number of fused-ring (bicyclic) bond motifs is 1. The molecule has 3 rings (SSSR count). The maximum Gasteiger partial charge on any atom is 0.355 e. The van der Waals surface area contributed by atoms with Crippen molar-refractivity contribution < 1.29 is 19.0 Å². The summed E-state index contributed by atoms with van der Waals surface area (Å²) in [6, 6.07) is 2.94. The molecule has 1 unspecified atom stereocenters. The Morgan fingerprint density at radius 3 is 3.18 bits per heavy atom. The lowest BCUT2D eigenvalue weighted by Gasteiger charge is -2.21. The Morgan fingerprint density at radius 2 is 2.35 bits per heavy atom. The Kier molecular flexibility index (Phi) is 2.21. The SMILES string of the molecule is O=c1ccc2c(o1)=CC1=C([C+]=2)OCC(CO)O1. The van der Waals surface area contributed by atoms with Crippen molar-refractivity contribution in [2.75, 3.05) is 13.2 Å². The standard InChI is InChI=1S/C12H9O5/c13-5-8-6-15-10-3-7-1-2-12(14)17-9(7)4-11(10)16-8/h1-2,4,8,13H,5-6H2/q+1. The quantitative estimate of drug-likeness (QED) is 0.611. The fourth-order valence-electron chi connectivity index (χ4n) is 1.68. The molecule has 0 radical (unpaired) electrons. The second-order valence-corrected chi connectivity index (χ2v) is 3.73. The molecule has 1 atom stereocenters. The minimum atomic E-state index is -0.429. The fourth-order valence-corrected chi connectivity index (χ4v) is 1.68. The predicted octanol–water partition coefficient (Wildman–Crippen LogP) is -1.29. The first-order valence-electron chi connectivity index (χ1n) is 5.17. The van der Waals surface area contributed by atoms with E-state index in [2.05, 4.69) is 6.08 Å². The van der Waals surface area contributed by atoms with Crippen LogP contribution in [0, 0.1) is 0 Å². The maximum atomic E-state index is 11.1. The molecule has 5 nitrogen and oxygen atoms in total. The third kappa shape index (κ3) is 1.71. The van der Waals surface area contributed by atoms with Crippen molar-refractivity contribution in [1.29, 1.82) is 0 Å². The van der Waals surface area contributed by atoms with Crippen LogP contribution in [0.1, 0.15) is 0 Å². The maximum absolute atomic E-state index is 11.1. The van der Waals surface area contributed by atoms with Gasteiger partial charge in [-0.15, -0.1) is 0 Å². The predicted molar refractivity (Wildman–Crippen MR) is 57.0 cm³/mol. The van der Waals surface area contributed by atoms with Crippen molar-refractivity contribution in [3.05, 3.63) is 44.7 Å². The van der Waals surface area contributed by atoms with Crippen molar-refractivity contribution in [3.8, 4) is 0 Å². The summed E-state index contributed by atoms with van der Waals surface area (Å²) in [7, 11) is 0. The Balaban J connectivity index is 2.11. The molecule has 2 heterocycles. The minimum Gasteiger partial charge on any atom is -0.464 e. The van der Waals surface area contributed by atoms with Gasteiger partial charge in [-0.05, 0) is 0 Å². The van der Waals surface area contributed by atoms with Gasteiger partial charge in [0.2, 0.25) is 5.42 Å². The summed E-state index contributed by atoms with van der Waals surface area (Å²) in [6.07, 6.45) is 4.13. The molecule has 0 saturated heterocycles. The van der Waals surface area contributed by atoms with Gasteiger partial charge in [0.05, 0.1) is 18.7 Å². The van der Waals surface area contributed by atoms with Gasteiger partial charge in [0.1, 0.15) is 12.7 Å². The van der Waals surface area contributed by atoms with Gasteiger partial charge in [-0.1, -0.05) is 0 Å². The first-order valence-corrected chi connectivity index (χ1v) is 5.17. The highest BCUT2D eigenvalue weighted by molar-refractivity contribution is 5.59. The van der Waals surface area contributed by atoms with Gasteiger partial charge in [0, 0.05) is 6.07 Å². The van der Waals surface area contributed by atoms with Crippen LogP contribution in [0.4, 0.5) is 0 Å². The summed E-state index contributed by atoms with van der Waals surface area (Å²) >= 11 is 0. The van der Waals surface area contributed by atoms with Crippen LogP contribution >= 0.6 is 0 Å². The Bertz CT molecular complexity index is 652. The average Bonchev–Trinajstić information content (AvgIpc) is 2.35. The van der Waals surface area contributed by atoms with Crippen LogP contribution in [0.25, 0.3) is 12.2 Å². The van der Waals surface area contributed by atoms with E-state index < -0.39 is 11.7 Å². The molecule has 86 valence electrons. The average molecular weight is 233 g/mol. The lowest BCUT2D eigenvalue weighted by molar-refractivity contribution is -0.0176. The molecule has 1 aliphatic heterocycles. The van der Waals surface area contributed by atoms with Crippen molar-refractivity contribution in [2.24, 2.45) is 0 Å². The molecule has 0 bridgehead atoms.